The van der Waals surface area contributed by atoms with E-state index >= 15 is 0 Å². The number of carbonyl (C=O) groups excluding carboxylic acids is 2. The maximum absolute atomic E-state index is 12.8. The smallest absolute Gasteiger partial charge is 0.380 e. The number of ketones is 1. The average molecular weight is 432 g/mol. The molecule has 0 spiro atoms. The summed E-state index contributed by atoms with van der Waals surface area (Å²) in [7, 11) is 1.54. The minimum Gasteiger partial charge on any atom is -0.496 e. The van der Waals surface area contributed by atoms with Crippen LogP contribution in [0.3, 0.4) is 0 Å². The number of para-hydroxylation sites is 2. The second kappa shape index (κ2) is 8.84. The van der Waals surface area contributed by atoms with Gasteiger partial charge in [0, 0.05) is 0 Å². The third kappa shape index (κ3) is 4.00. The van der Waals surface area contributed by atoms with Crippen molar-refractivity contribution >= 4 is 11.8 Å². The Kier molecular flexibility index (Phi) is 5.80. The lowest BCUT2D eigenvalue weighted by Crippen LogP contribution is -2.19. The molecule has 0 aliphatic carbocycles. The van der Waals surface area contributed by atoms with Gasteiger partial charge in [-0.3, -0.25) is 4.79 Å². The van der Waals surface area contributed by atoms with Crippen molar-refractivity contribution < 1.29 is 23.6 Å². The summed E-state index contributed by atoms with van der Waals surface area (Å²) in [4.78, 5) is 29.4. The van der Waals surface area contributed by atoms with Crippen molar-refractivity contribution in [3.05, 3.63) is 77.4 Å². The quantitative estimate of drug-likeness (QED) is 0.248. The first-order valence-electron chi connectivity index (χ1n) is 9.78. The lowest BCUT2D eigenvalue weighted by molar-refractivity contribution is -0.140. The van der Waals surface area contributed by atoms with E-state index in [9.17, 15) is 9.59 Å². The predicted molar refractivity (Wildman–Crippen MR) is 113 cm³/mol. The molecule has 2 heterocycles. The minimum atomic E-state index is -1.03. The third-order valence-corrected chi connectivity index (χ3v) is 4.85. The number of rotatable bonds is 7. The number of hydrogen-bond acceptors (Lipinski definition) is 8. The molecule has 4 aromatic rings. The van der Waals surface area contributed by atoms with E-state index in [-0.39, 0.29) is 23.9 Å². The van der Waals surface area contributed by atoms with E-state index in [1.807, 2.05) is 42.5 Å². The molecule has 2 aromatic heterocycles. The van der Waals surface area contributed by atoms with E-state index in [1.54, 1.807) is 30.7 Å². The molecule has 9 nitrogen and oxygen atoms in total. The minimum absolute atomic E-state index is 0.0560. The van der Waals surface area contributed by atoms with Gasteiger partial charge >= 0.3 is 5.97 Å². The summed E-state index contributed by atoms with van der Waals surface area (Å²) >= 11 is 0. The molecular weight excluding hydrogens is 412 g/mol. The van der Waals surface area contributed by atoms with Crippen LogP contribution in [0.5, 0.6) is 5.75 Å². The second-order valence-corrected chi connectivity index (χ2v) is 6.91. The Labute approximate surface area is 183 Å². The molecule has 0 saturated carbocycles. The summed E-state index contributed by atoms with van der Waals surface area (Å²) in [5.74, 6) is -0.892. The number of Topliss-reactive ketones (excluding diaryl/α,β-unsaturated/α-hetero) is 1. The largest absolute Gasteiger partial charge is 0.496 e. The van der Waals surface area contributed by atoms with Crippen LogP contribution in [0.1, 0.15) is 27.6 Å². The highest BCUT2D eigenvalue weighted by molar-refractivity contribution is 6.41. The lowest BCUT2D eigenvalue weighted by atomic mass is 10.1. The number of esters is 1. The van der Waals surface area contributed by atoms with Crippen LogP contribution in [-0.4, -0.2) is 38.8 Å². The first-order chi connectivity index (χ1) is 15.5. The highest BCUT2D eigenvalue weighted by Gasteiger charge is 2.27. The van der Waals surface area contributed by atoms with Gasteiger partial charge in [0.05, 0.1) is 35.3 Å². The Morgan fingerprint density at radius 3 is 2.50 bits per heavy atom. The van der Waals surface area contributed by atoms with Crippen LogP contribution >= 0.6 is 0 Å². The Morgan fingerprint density at radius 1 is 1.03 bits per heavy atom. The number of methoxy groups -OCH3 is 1. The zero-order valence-electron chi connectivity index (χ0n) is 17.7. The molecule has 0 aliphatic rings. The zero-order valence-corrected chi connectivity index (χ0v) is 17.7. The highest BCUT2D eigenvalue weighted by atomic mass is 16.6. The van der Waals surface area contributed by atoms with Crippen LogP contribution in [0.2, 0.25) is 0 Å². The molecule has 0 atom stereocenters. The number of benzene rings is 2. The fraction of sp³-hybridized carbons (Fsp3) is 0.174. The van der Waals surface area contributed by atoms with Gasteiger partial charge in [0.25, 0.3) is 11.7 Å². The topological polar surface area (TPSA) is 109 Å². The molecule has 162 valence electrons. The normalized spacial score (nSPS) is 10.7. The fourth-order valence-electron chi connectivity index (χ4n) is 3.34. The van der Waals surface area contributed by atoms with Crippen LogP contribution in [0.15, 0.2) is 59.1 Å². The Morgan fingerprint density at radius 2 is 1.75 bits per heavy atom. The molecule has 32 heavy (non-hydrogen) atoms. The maximum atomic E-state index is 12.8. The number of ether oxygens (including phenoxy) is 2. The Balaban J connectivity index is 1.47. The summed E-state index contributed by atoms with van der Waals surface area (Å²) in [5, 5.41) is 8.28. The van der Waals surface area contributed by atoms with E-state index in [1.165, 1.54) is 7.11 Å². The van der Waals surface area contributed by atoms with Crippen molar-refractivity contribution in [3.63, 3.8) is 0 Å². The van der Waals surface area contributed by atoms with Gasteiger partial charge in [-0.15, -0.1) is 0 Å². The van der Waals surface area contributed by atoms with Crippen molar-refractivity contribution in [3.8, 4) is 22.8 Å². The number of aromatic nitrogens is 4. The van der Waals surface area contributed by atoms with Crippen molar-refractivity contribution in [1.82, 2.24) is 19.9 Å². The maximum Gasteiger partial charge on any atom is 0.380 e. The van der Waals surface area contributed by atoms with Gasteiger partial charge in [-0.1, -0.05) is 35.5 Å². The van der Waals surface area contributed by atoms with Crippen LogP contribution in [-0.2, 0) is 16.1 Å². The first kappa shape index (κ1) is 21.0. The summed E-state index contributed by atoms with van der Waals surface area (Å²) in [6.07, 6.45) is 0. The third-order valence-electron chi connectivity index (χ3n) is 4.85. The number of nitrogens with zero attached hydrogens (tertiary/aromatic N) is 4. The van der Waals surface area contributed by atoms with E-state index in [0.717, 1.165) is 5.69 Å². The molecule has 9 heteroatoms. The summed E-state index contributed by atoms with van der Waals surface area (Å²) in [6.45, 7) is 3.06. The van der Waals surface area contributed by atoms with Gasteiger partial charge in [-0.05, 0) is 38.1 Å². The Hall–Kier alpha value is -4.27. The lowest BCUT2D eigenvalue weighted by Gasteiger charge is -2.05. The molecule has 0 unspecified atom stereocenters. The molecule has 0 N–H and O–H groups in total. The van der Waals surface area contributed by atoms with Gasteiger partial charge < -0.3 is 14.0 Å². The van der Waals surface area contributed by atoms with Crippen LogP contribution in [0.25, 0.3) is 17.1 Å². The van der Waals surface area contributed by atoms with Crippen LogP contribution < -0.4 is 4.74 Å². The van der Waals surface area contributed by atoms with E-state index in [0.29, 0.717) is 22.7 Å². The molecule has 0 fully saturated rings. The molecule has 0 radical (unpaired) electrons. The van der Waals surface area contributed by atoms with Gasteiger partial charge in [0.1, 0.15) is 5.75 Å². The van der Waals surface area contributed by atoms with E-state index in [2.05, 4.69) is 15.2 Å². The summed E-state index contributed by atoms with van der Waals surface area (Å²) in [5.41, 5.74) is 2.61. The van der Waals surface area contributed by atoms with Crippen molar-refractivity contribution in [2.24, 2.45) is 0 Å². The molecule has 2 aromatic carbocycles. The highest BCUT2D eigenvalue weighted by Crippen LogP contribution is 2.27. The van der Waals surface area contributed by atoms with Crippen molar-refractivity contribution in [1.29, 1.82) is 0 Å². The molecule has 0 aliphatic heterocycles. The molecule has 0 saturated heterocycles. The van der Waals surface area contributed by atoms with Gasteiger partial charge in [0.2, 0.25) is 5.82 Å². The standard InChI is InChI=1S/C23H20N4O5/c1-14-20(15(2)27(25-14)16-9-5-4-6-10-16)21(28)23(29)31-13-19-24-22(26-32-19)17-11-7-8-12-18(17)30-3/h4-12H,13H2,1-3H3. The Bertz CT molecular complexity index is 1280. The predicted octanol–water partition coefficient (Wildman–Crippen LogP) is 3.47. The van der Waals surface area contributed by atoms with E-state index < -0.39 is 11.8 Å². The molecular formula is C23H20N4O5. The number of hydrogen-bond donors (Lipinski definition) is 0. The van der Waals surface area contributed by atoms with Crippen molar-refractivity contribution in [2.45, 2.75) is 20.5 Å². The van der Waals surface area contributed by atoms with Gasteiger partial charge in [-0.2, -0.15) is 10.1 Å². The van der Waals surface area contributed by atoms with Gasteiger partial charge in [-0.25, -0.2) is 9.48 Å². The fourth-order valence-corrected chi connectivity index (χ4v) is 3.34. The zero-order chi connectivity index (χ0) is 22.7. The monoisotopic (exact) mass is 432 g/mol. The molecule has 0 bridgehead atoms. The summed E-state index contributed by atoms with van der Waals surface area (Å²) < 4.78 is 17.2. The van der Waals surface area contributed by atoms with E-state index in [4.69, 9.17) is 14.0 Å². The summed E-state index contributed by atoms with van der Waals surface area (Å²) in [6, 6.07) is 16.5. The molecule has 4 rings (SSSR count). The van der Waals surface area contributed by atoms with Crippen LogP contribution in [0.4, 0.5) is 0 Å². The SMILES string of the molecule is COc1ccccc1-c1noc(COC(=O)C(=O)c2c(C)nn(-c3ccccc3)c2C)n1. The van der Waals surface area contributed by atoms with Gasteiger partial charge in [0.15, 0.2) is 6.61 Å². The second-order valence-electron chi connectivity index (χ2n) is 6.91. The average Bonchev–Trinajstić information content (AvgIpc) is 3.41. The number of carbonyl (C=O) groups is 2. The van der Waals surface area contributed by atoms with Crippen LogP contribution in [0, 0.1) is 13.8 Å². The number of aryl methyl sites for hydroxylation is 1. The first-order valence-corrected chi connectivity index (χ1v) is 9.78. The van der Waals surface area contributed by atoms with Crippen molar-refractivity contribution in [2.75, 3.05) is 7.11 Å². The molecule has 0 amide bonds.